The van der Waals surface area contributed by atoms with Crippen LogP contribution in [0.2, 0.25) is 0 Å². The molecular formula is C25H32FN3O. The van der Waals surface area contributed by atoms with Gasteiger partial charge in [0.2, 0.25) is 5.91 Å². The SMILES string of the molecule is CC(=O)N(C)Cc1ccc2c(c1)N(C1CCN(CCc3ccc(F)cc3)CC1)CC2. The van der Waals surface area contributed by atoms with Gasteiger partial charge in [-0.1, -0.05) is 24.3 Å². The van der Waals surface area contributed by atoms with E-state index in [9.17, 15) is 9.18 Å². The number of likely N-dealkylation sites (tertiary alicyclic amines) is 1. The van der Waals surface area contributed by atoms with Gasteiger partial charge in [0.05, 0.1) is 0 Å². The van der Waals surface area contributed by atoms with Crippen LogP contribution < -0.4 is 4.90 Å². The molecule has 2 heterocycles. The second-order valence-electron chi connectivity index (χ2n) is 8.73. The first-order chi connectivity index (χ1) is 14.5. The fourth-order valence-corrected chi connectivity index (χ4v) is 4.71. The zero-order valence-electron chi connectivity index (χ0n) is 18.1. The summed E-state index contributed by atoms with van der Waals surface area (Å²) in [5.74, 6) is -0.0677. The fraction of sp³-hybridized carbons (Fsp3) is 0.480. The van der Waals surface area contributed by atoms with Crippen molar-refractivity contribution in [3.05, 3.63) is 65.0 Å². The summed E-state index contributed by atoms with van der Waals surface area (Å²) >= 11 is 0. The van der Waals surface area contributed by atoms with E-state index in [-0.39, 0.29) is 11.7 Å². The van der Waals surface area contributed by atoms with Crippen molar-refractivity contribution in [2.75, 3.05) is 38.1 Å². The number of benzene rings is 2. The molecule has 2 aliphatic rings. The molecule has 4 nitrogen and oxygen atoms in total. The summed E-state index contributed by atoms with van der Waals surface area (Å²) in [7, 11) is 1.86. The minimum atomic E-state index is -0.165. The van der Waals surface area contributed by atoms with Crippen LogP contribution in [0.15, 0.2) is 42.5 Å². The highest BCUT2D eigenvalue weighted by Gasteiger charge is 2.29. The molecule has 0 spiro atoms. The first kappa shape index (κ1) is 20.9. The molecule has 0 bridgehead atoms. The summed E-state index contributed by atoms with van der Waals surface area (Å²) in [6.45, 7) is 6.65. The molecule has 0 N–H and O–H groups in total. The Labute approximate surface area is 179 Å². The lowest BCUT2D eigenvalue weighted by atomic mass is 10.0. The molecule has 2 aromatic carbocycles. The quantitative estimate of drug-likeness (QED) is 0.725. The minimum Gasteiger partial charge on any atom is -0.368 e. The molecule has 5 heteroatoms. The first-order valence-corrected chi connectivity index (χ1v) is 11.1. The van der Waals surface area contributed by atoms with Gasteiger partial charge in [0, 0.05) is 58.4 Å². The lowest BCUT2D eigenvalue weighted by Gasteiger charge is -2.38. The number of anilines is 1. The van der Waals surface area contributed by atoms with Crippen LogP contribution in [0, 0.1) is 5.82 Å². The Morgan fingerprint density at radius 2 is 1.77 bits per heavy atom. The van der Waals surface area contributed by atoms with Crippen molar-refractivity contribution in [1.29, 1.82) is 0 Å². The van der Waals surface area contributed by atoms with Crippen LogP contribution in [0.5, 0.6) is 0 Å². The van der Waals surface area contributed by atoms with E-state index in [0.29, 0.717) is 12.6 Å². The average molecular weight is 410 g/mol. The second kappa shape index (κ2) is 9.17. The molecule has 1 fully saturated rings. The minimum absolute atomic E-state index is 0.0976. The number of piperidine rings is 1. The van der Waals surface area contributed by atoms with Crippen LogP contribution in [0.4, 0.5) is 10.1 Å². The highest BCUT2D eigenvalue weighted by atomic mass is 19.1. The van der Waals surface area contributed by atoms with Gasteiger partial charge in [-0.2, -0.15) is 0 Å². The Kier molecular flexibility index (Phi) is 6.38. The van der Waals surface area contributed by atoms with Gasteiger partial charge in [-0.05, 0) is 60.6 Å². The number of hydrogen-bond acceptors (Lipinski definition) is 3. The zero-order valence-corrected chi connectivity index (χ0v) is 18.1. The van der Waals surface area contributed by atoms with Crippen molar-refractivity contribution >= 4 is 11.6 Å². The summed E-state index contributed by atoms with van der Waals surface area (Å²) in [4.78, 5) is 18.5. The third-order valence-corrected chi connectivity index (χ3v) is 6.67. The van der Waals surface area contributed by atoms with Gasteiger partial charge in [0.25, 0.3) is 0 Å². The van der Waals surface area contributed by atoms with Gasteiger partial charge in [-0.3, -0.25) is 4.79 Å². The van der Waals surface area contributed by atoms with Crippen LogP contribution in [-0.2, 0) is 24.2 Å². The van der Waals surface area contributed by atoms with Crippen LogP contribution in [0.1, 0.15) is 36.5 Å². The number of hydrogen-bond donors (Lipinski definition) is 0. The van der Waals surface area contributed by atoms with Gasteiger partial charge >= 0.3 is 0 Å². The Balaban J connectivity index is 1.32. The van der Waals surface area contributed by atoms with E-state index >= 15 is 0 Å². The maximum Gasteiger partial charge on any atom is 0.219 e. The zero-order chi connectivity index (χ0) is 21.1. The number of carbonyl (C=O) groups is 1. The maximum absolute atomic E-state index is 13.1. The second-order valence-corrected chi connectivity index (χ2v) is 8.73. The van der Waals surface area contributed by atoms with Crippen molar-refractivity contribution in [2.45, 2.75) is 45.2 Å². The van der Waals surface area contributed by atoms with Crippen molar-refractivity contribution in [1.82, 2.24) is 9.80 Å². The molecule has 0 radical (unpaired) electrons. The number of amides is 1. The van der Waals surface area contributed by atoms with Gasteiger partial charge in [-0.25, -0.2) is 4.39 Å². The van der Waals surface area contributed by atoms with E-state index < -0.39 is 0 Å². The number of carbonyl (C=O) groups excluding carboxylic acids is 1. The van der Waals surface area contributed by atoms with Crippen molar-refractivity contribution in [2.24, 2.45) is 0 Å². The molecule has 0 saturated carbocycles. The average Bonchev–Trinajstić information content (AvgIpc) is 3.17. The molecule has 0 unspecified atom stereocenters. The Morgan fingerprint density at radius 3 is 2.47 bits per heavy atom. The standard InChI is InChI=1S/C25H32FN3O/c1-19(30)27(2)18-21-3-6-22-10-16-29(25(22)17-21)24-11-14-28(15-12-24)13-9-20-4-7-23(26)8-5-20/h3-8,17,24H,9-16,18H2,1-2H3. The molecule has 160 valence electrons. The molecule has 0 aromatic heterocycles. The van der Waals surface area contributed by atoms with E-state index in [4.69, 9.17) is 0 Å². The highest BCUT2D eigenvalue weighted by molar-refractivity contribution is 5.73. The normalized spacial score (nSPS) is 17.2. The molecule has 0 atom stereocenters. The van der Waals surface area contributed by atoms with Crippen molar-refractivity contribution < 1.29 is 9.18 Å². The summed E-state index contributed by atoms with van der Waals surface area (Å²) in [5.41, 5.74) is 5.21. The maximum atomic E-state index is 13.1. The molecular weight excluding hydrogens is 377 g/mol. The monoisotopic (exact) mass is 409 g/mol. The predicted octanol–water partition coefficient (Wildman–Crippen LogP) is 3.87. The molecule has 2 aromatic rings. The van der Waals surface area contributed by atoms with Crippen molar-refractivity contribution in [3.8, 4) is 0 Å². The Hall–Kier alpha value is -2.40. The topological polar surface area (TPSA) is 26.8 Å². The Morgan fingerprint density at radius 1 is 1.07 bits per heavy atom. The van der Waals surface area contributed by atoms with E-state index in [1.165, 1.54) is 35.2 Å². The van der Waals surface area contributed by atoms with Gasteiger partial charge in [0.1, 0.15) is 5.82 Å². The third-order valence-electron chi connectivity index (χ3n) is 6.67. The smallest absolute Gasteiger partial charge is 0.219 e. The molecule has 1 saturated heterocycles. The van der Waals surface area contributed by atoms with Crippen LogP contribution in [0.3, 0.4) is 0 Å². The van der Waals surface area contributed by atoms with Gasteiger partial charge in [-0.15, -0.1) is 0 Å². The van der Waals surface area contributed by atoms with Crippen LogP contribution in [-0.4, -0.2) is 55.0 Å². The number of halogens is 1. The van der Waals surface area contributed by atoms with E-state index in [0.717, 1.165) is 39.0 Å². The Bertz CT molecular complexity index is 874. The summed E-state index contributed by atoms with van der Waals surface area (Å²) in [5, 5.41) is 0. The van der Waals surface area contributed by atoms with E-state index in [1.54, 1.807) is 24.0 Å². The molecule has 1 amide bonds. The summed E-state index contributed by atoms with van der Waals surface area (Å²) in [6.07, 6.45) is 4.45. The fourth-order valence-electron chi connectivity index (χ4n) is 4.71. The largest absolute Gasteiger partial charge is 0.368 e. The molecule has 30 heavy (non-hydrogen) atoms. The third kappa shape index (κ3) is 4.84. The number of fused-ring (bicyclic) bond motifs is 1. The molecule has 0 aliphatic carbocycles. The number of rotatable bonds is 6. The number of nitrogens with zero attached hydrogens (tertiary/aromatic N) is 3. The van der Waals surface area contributed by atoms with Crippen LogP contribution in [0.25, 0.3) is 0 Å². The summed E-state index contributed by atoms with van der Waals surface area (Å²) < 4.78 is 13.1. The van der Waals surface area contributed by atoms with Gasteiger partial charge in [0.15, 0.2) is 0 Å². The lowest BCUT2D eigenvalue weighted by molar-refractivity contribution is -0.128. The predicted molar refractivity (Wildman–Crippen MR) is 119 cm³/mol. The first-order valence-electron chi connectivity index (χ1n) is 11.1. The molecule has 4 rings (SSSR count). The lowest BCUT2D eigenvalue weighted by Crippen LogP contribution is -2.45. The summed E-state index contributed by atoms with van der Waals surface area (Å²) in [6, 6.07) is 14.2. The van der Waals surface area contributed by atoms with Crippen LogP contribution >= 0.6 is 0 Å². The van der Waals surface area contributed by atoms with E-state index in [2.05, 4.69) is 28.0 Å². The molecule has 2 aliphatic heterocycles. The highest BCUT2D eigenvalue weighted by Crippen LogP contribution is 2.33. The van der Waals surface area contributed by atoms with E-state index in [1.807, 2.05) is 19.2 Å². The van der Waals surface area contributed by atoms with Gasteiger partial charge < -0.3 is 14.7 Å². The van der Waals surface area contributed by atoms with Crippen molar-refractivity contribution in [3.63, 3.8) is 0 Å².